The van der Waals surface area contributed by atoms with E-state index in [4.69, 9.17) is 4.74 Å². The van der Waals surface area contributed by atoms with Crippen molar-refractivity contribution in [2.45, 2.75) is 13.0 Å². The third-order valence-electron chi connectivity index (χ3n) is 4.90. The van der Waals surface area contributed by atoms with Crippen molar-refractivity contribution in [3.8, 4) is 5.75 Å². The zero-order chi connectivity index (χ0) is 22.5. The summed E-state index contributed by atoms with van der Waals surface area (Å²) in [5.41, 5.74) is 3.01. The molecule has 1 heterocycles. The van der Waals surface area contributed by atoms with Crippen LogP contribution in [-0.4, -0.2) is 22.6 Å². The van der Waals surface area contributed by atoms with Gasteiger partial charge in [-0.2, -0.15) is 0 Å². The van der Waals surface area contributed by atoms with Gasteiger partial charge in [0.2, 0.25) is 0 Å². The number of rotatable bonds is 7. The summed E-state index contributed by atoms with van der Waals surface area (Å²) in [6.07, 6.45) is 2.39. The van der Waals surface area contributed by atoms with E-state index in [-0.39, 0.29) is 11.1 Å². The van der Waals surface area contributed by atoms with E-state index in [1.165, 1.54) is 8.47 Å². The maximum atomic E-state index is 12.8. The third-order valence-corrected chi connectivity index (χ3v) is 7.15. The summed E-state index contributed by atoms with van der Waals surface area (Å²) in [5.74, 6) is 0.475. The summed E-state index contributed by atoms with van der Waals surface area (Å²) in [7, 11) is 0. The number of hydrogen-bond acceptors (Lipinski definition) is 4. The molecule has 1 saturated heterocycles. The number of imide groups is 1. The molecular formula is C25H19BrINO3S. The largest absolute Gasteiger partial charge is 0.488 e. The number of carbonyl (C=O) groups excluding carboxylic acids is 2. The maximum absolute atomic E-state index is 12.8. The van der Waals surface area contributed by atoms with Crippen molar-refractivity contribution in [3.63, 3.8) is 0 Å². The van der Waals surface area contributed by atoms with E-state index in [9.17, 15) is 9.59 Å². The second kappa shape index (κ2) is 10.7. The minimum Gasteiger partial charge on any atom is -0.488 e. The Hall–Kier alpha value is -2.10. The number of carbonyl (C=O) groups is 2. The molecule has 0 aromatic heterocycles. The minimum absolute atomic E-state index is 0.228. The fourth-order valence-electron chi connectivity index (χ4n) is 3.20. The highest BCUT2D eigenvalue weighted by atomic mass is 127. The summed E-state index contributed by atoms with van der Waals surface area (Å²) in [5, 5.41) is -0.228. The van der Waals surface area contributed by atoms with Crippen LogP contribution >= 0.6 is 50.3 Å². The SMILES string of the molecule is O=C1S/C(=C\c2ccc(OCc3ccc(I)cc3)c(Br)c2)C(=O)N1CCc1ccccc1. The predicted molar refractivity (Wildman–Crippen MR) is 140 cm³/mol. The Kier molecular flexibility index (Phi) is 7.70. The van der Waals surface area contributed by atoms with E-state index < -0.39 is 0 Å². The number of halogens is 2. The number of nitrogens with zero attached hydrogens (tertiary/aromatic N) is 1. The van der Waals surface area contributed by atoms with Gasteiger partial charge in [-0.15, -0.1) is 0 Å². The van der Waals surface area contributed by atoms with E-state index in [0.717, 1.165) is 38.7 Å². The molecule has 3 aromatic carbocycles. The highest BCUT2D eigenvalue weighted by molar-refractivity contribution is 14.1. The average Bonchev–Trinajstić information content (AvgIpc) is 3.06. The second-order valence-corrected chi connectivity index (χ2v) is 10.3. The minimum atomic E-state index is -0.244. The quantitative estimate of drug-likeness (QED) is 0.213. The Morgan fingerprint density at radius 2 is 1.72 bits per heavy atom. The maximum Gasteiger partial charge on any atom is 0.293 e. The lowest BCUT2D eigenvalue weighted by Crippen LogP contribution is -2.30. The van der Waals surface area contributed by atoms with Crippen LogP contribution in [0.1, 0.15) is 16.7 Å². The Labute approximate surface area is 213 Å². The normalized spacial score (nSPS) is 14.9. The van der Waals surface area contributed by atoms with Gasteiger partial charge < -0.3 is 4.74 Å². The van der Waals surface area contributed by atoms with Crippen LogP contribution in [0.3, 0.4) is 0 Å². The molecule has 162 valence electrons. The summed E-state index contributed by atoms with van der Waals surface area (Å²) >= 11 is 6.80. The molecule has 0 spiro atoms. The van der Waals surface area contributed by atoms with Crippen molar-refractivity contribution in [1.82, 2.24) is 4.90 Å². The van der Waals surface area contributed by atoms with E-state index in [2.05, 4.69) is 38.5 Å². The van der Waals surface area contributed by atoms with Gasteiger partial charge in [0.1, 0.15) is 12.4 Å². The topological polar surface area (TPSA) is 46.6 Å². The van der Waals surface area contributed by atoms with Crippen LogP contribution < -0.4 is 4.74 Å². The van der Waals surface area contributed by atoms with Crippen molar-refractivity contribution in [3.05, 3.63) is 102 Å². The molecule has 0 saturated carbocycles. The molecule has 1 aliphatic rings. The zero-order valence-electron chi connectivity index (χ0n) is 17.0. The Morgan fingerprint density at radius 3 is 2.44 bits per heavy atom. The van der Waals surface area contributed by atoms with Crippen LogP contribution in [0.15, 0.2) is 82.2 Å². The first kappa shape index (κ1) is 23.1. The first-order chi connectivity index (χ1) is 15.5. The standard InChI is InChI=1S/C25H19BrINO3S/c26-21-14-19(8-11-22(21)31-16-18-6-9-20(27)10-7-18)15-23-24(29)28(25(30)32-23)13-12-17-4-2-1-3-5-17/h1-11,14-15H,12-13,16H2/b23-15-. The number of thioether (sulfide) groups is 1. The third kappa shape index (κ3) is 5.82. The van der Waals surface area contributed by atoms with Crippen LogP contribution in [0.5, 0.6) is 5.75 Å². The Balaban J connectivity index is 1.40. The number of hydrogen-bond donors (Lipinski definition) is 0. The summed E-state index contributed by atoms with van der Waals surface area (Å²) in [4.78, 5) is 26.9. The molecule has 32 heavy (non-hydrogen) atoms. The van der Waals surface area contributed by atoms with Crippen LogP contribution in [-0.2, 0) is 17.8 Å². The van der Waals surface area contributed by atoms with Crippen LogP contribution in [0.2, 0.25) is 0 Å². The van der Waals surface area contributed by atoms with E-state index in [1.54, 1.807) is 6.08 Å². The van der Waals surface area contributed by atoms with Gasteiger partial charge in [0.05, 0.1) is 9.38 Å². The van der Waals surface area contributed by atoms with Crippen molar-refractivity contribution in [2.24, 2.45) is 0 Å². The molecule has 0 atom stereocenters. The lowest BCUT2D eigenvalue weighted by molar-refractivity contribution is -0.122. The molecule has 1 fully saturated rings. The molecular weight excluding hydrogens is 601 g/mol. The Morgan fingerprint density at radius 1 is 0.969 bits per heavy atom. The van der Waals surface area contributed by atoms with Crippen molar-refractivity contribution in [2.75, 3.05) is 6.54 Å². The number of ether oxygens (including phenoxy) is 1. The van der Waals surface area contributed by atoms with Crippen molar-refractivity contribution >= 4 is 67.5 Å². The van der Waals surface area contributed by atoms with Gasteiger partial charge in [0, 0.05) is 10.1 Å². The molecule has 3 aromatic rings. The second-order valence-electron chi connectivity index (χ2n) is 7.17. The molecule has 1 aliphatic heterocycles. The molecule has 7 heteroatoms. The van der Waals surface area contributed by atoms with Crippen LogP contribution in [0.25, 0.3) is 6.08 Å². The highest BCUT2D eigenvalue weighted by Crippen LogP contribution is 2.34. The number of benzene rings is 3. The van der Waals surface area contributed by atoms with Gasteiger partial charge in [0.15, 0.2) is 0 Å². The monoisotopic (exact) mass is 619 g/mol. The molecule has 0 bridgehead atoms. The summed E-state index contributed by atoms with van der Waals surface area (Å²) in [6.45, 7) is 0.843. The van der Waals surface area contributed by atoms with Gasteiger partial charge >= 0.3 is 0 Å². The fourth-order valence-corrected chi connectivity index (χ4v) is 4.93. The highest BCUT2D eigenvalue weighted by Gasteiger charge is 2.34. The molecule has 2 amide bonds. The van der Waals surface area contributed by atoms with Crippen molar-refractivity contribution < 1.29 is 14.3 Å². The predicted octanol–water partition coefficient (Wildman–Crippen LogP) is 6.91. The average molecular weight is 620 g/mol. The van der Waals surface area contributed by atoms with Gasteiger partial charge in [0.25, 0.3) is 11.1 Å². The van der Waals surface area contributed by atoms with Gasteiger partial charge in [-0.1, -0.05) is 48.5 Å². The Bertz CT molecular complexity index is 1170. The van der Waals surface area contributed by atoms with Crippen molar-refractivity contribution in [1.29, 1.82) is 0 Å². The molecule has 0 N–H and O–H groups in total. The zero-order valence-corrected chi connectivity index (χ0v) is 21.5. The number of amides is 2. The summed E-state index contributed by atoms with van der Waals surface area (Å²) < 4.78 is 7.89. The lowest BCUT2D eigenvalue weighted by Gasteiger charge is -2.12. The molecule has 0 unspecified atom stereocenters. The van der Waals surface area contributed by atoms with Gasteiger partial charge in [-0.25, -0.2) is 0 Å². The first-order valence-electron chi connectivity index (χ1n) is 9.96. The molecule has 4 rings (SSSR count). The van der Waals surface area contributed by atoms with E-state index >= 15 is 0 Å². The fraction of sp³-hybridized carbons (Fsp3) is 0.120. The van der Waals surface area contributed by atoms with Gasteiger partial charge in [-0.05, 0) is 104 Å². The lowest BCUT2D eigenvalue weighted by atomic mass is 10.1. The molecule has 0 aliphatic carbocycles. The molecule has 0 radical (unpaired) electrons. The summed E-state index contributed by atoms with van der Waals surface area (Å²) in [6, 6.07) is 23.6. The van der Waals surface area contributed by atoms with Crippen LogP contribution in [0.4, 0.5) is 4.79 Å². The smallest absolute Gasteiger partial charge is 0.293 e. The first-order valence-corrected chi connectivity index (χ1v) is 12.6. The molecule has 4 nitrogen and oxygen atoms in total. The van der Waals surface area contributed by atoms with E-state index in [0.29, 0.717) is 24.5 Å². The van der Waals surface area contributed by atoms with Crippen LogP contribution in [0, 0.1) is 3.57 Å². The van der Waals surface area contributed by atoms with Gasteiger partial charge in [-0.3, -0.25) is 14.5 Å². The van der Waals surface area contributed by atoms with E-state index in [1.807, 2.05) is 72.8 Å².